The number of pyridine rings is 1. The highest BCUT2D eigenvalue weighted by Crippen LogP contribution is 2.25. The lowest BCUT2D eigenvalue weighted by molar-refractivity contribution is 0.465. The highest BCUT2D eigenvalue weighted by atomic mass is 32.2. The van der Waals surface area contributed by atoms with Gasteiger partial charge in [0.2, 0.25) is 5.89 Å². The molecule has 0 amide bonds. The molecular formula is C15H13N3OS. The fourth-order valence-corrected chi connectivity index (χ4v) is 2.53. The number of aryl methyl sites for hydroxylation is 1. The fraction of sp³-hybridized carbons (Fsp3) is 0.133. The first-order valence-corrected chi connectivity index (χ1v) is 7.22. The van der Waals surface area contributed by atoms with E-state index in [1.54, 1.807) is 12.4 Å². The number of thioether (sulfide) groups is 1. The van der Waals surface area contributed by atoms with Gasteiger partial charge in [0.1, 0.15) is 0 Å². The molecule has 1 aromatic carbocycles. The summed E-state index contributed by atoms with van der Waals surface area (Å²) in [5.41, 5.74) is 3.34. The first-order valence-electron chi connectivity index (χ1n) is 6.23. The van der Waals surface area contributed by atoms with Gasteiger partial charge in [-0.15, -0.1) is 10.2 Å². The number of rotatable bonds is 4. The molecule has 3 aromatic rings. The van der Waals surface area contributed by atoms with Crippen LogP contribution in [0.2, 0.25) is 0 Å². The Kier molecular flexibility index (Phi) is 3.78. The van der Waals surface area contributed by atoms with Gasteiger partial charge in [-0.25, -0.2) is 0 Å². The predicted octanol–water partition coefficient (Wildman–Crippen LogP) is 3.73. The minimum absolute atomic E-state index is 0.504. The number of hydrogen-bond acceptors (Lipinski definition) is 5. The predicted molar refractivity (Wildman–Crippen MR) is 78.3 cm³/mol. The molecule has 20 heavy (non-hydrogen) atoms. The Labute approximate surface area is 121 Å². The van der Waals surface area contributed by atoms with Crippen LogP contribution in [0.4, 0.5) is 0 Å². The molecule has 3 rings (SSSR count). The van der Waals surface area contributed by atoms with E-state index in [0.29, 0.717) is 11.1 Å². The summed E-state index contributed by atoms with van der Waals surface area (Å²) < 4.78 is 5.62. The van der Waals surface area contributed by atoms with Crippen molar-refractivity contribution in [3.8, 4) is 11.5 Å². The molecule has 0 unspecified atom stereocenters. The molecule has 0 saturated heterocycles. The number of aromatic nitrogens is 3. The van der Waals surface area contributed by atoms with E-state index in [9.17, 15) is 0 Å². The van der Waals surface area contributed by atoms with E-state index in [1.165, 1.54) is 22.9 Å². The number of benzene rings is 1. The van der Waals surface area contributed by atoms with Crippen molar-refractivity contribution >= 4 is 11.8 Å². The van der Waals surface area contributed by atoms with E-state index in [2.05, 4.69) is 46.4 Å². The van der Waals surface area contributed by atoms with Crippen molar-refractivity contribution in [3.05, 3.63) is 59.9 Å². The van der Waals surface area contributed by atoms with Crippen LogP contribution in [0.1, 0.15) is 11.1 Å². The Bertz CT molecular complexity index is 697. The second-order valence-electron chi connectivity index (χ2n) is 4.39. The van der Waals surface area contributed by atoms with Crippen LogP contribution in [0, 0.1) is 6.92 Å². The van der Waals surface area contributed by atoms with Crippen LogP contribution in [0.3, 0.4) is 0 Å². The first kappa shape index (κ1) is 12.9. The molecule has 0 aliphatic carbocycles. The molecule has 0 spiro atoms. The van der Waals surface area contributed by atoms with Crippen molar-refractivity contribution in [1.82, 2.24) is 15.2 Å². The molecule has 5 heteroatoms. The van der Waals surface area contributed by atoms with Crippen molar-refractivity contribution in [1.29, 1.82) is 0 Å². The van der Waals surface area contributed by atoms with E-state index in [-0.39, 0.29) is 0 Å². The van der Waals surface area contributed by atoms with Gasteiger partial charge in [-0.05, 0) is 24.6 Å². The smallest absolute Gasteiger partial charge is 0.277 e. The maximum absolute atomic E-state index is 5.62. The third kappa shape index (κ3) is 3.05. The SMILES string of the molecule is Cc1cccc(CSc2nnc(-c3cccnc3)o2)c1. The van der Waals surface area contributed by atoms with Crippen molar-refractivity contribution < 1.29 is 4.42 Å². The Hall–Kier alpha value is -2.14. The standard InChI is InChI=1S/C15H13N3OS/c1-11-4-2-5-12(8-11)10-20-15-18-17-14(19-15)13-6-3-7-16-9-13/h2-9H,10H2,1H3. The maximum atomic E-state index is 5.62. The second-order valence-corrected chi connectivity index (χ2v) is 5.32. The molecule has 0 aliphatic heterocycles. The second kappa shape index (κ2) is 5.88. The topological polar surface area (TPSA) is 51.8 Å². The Balaban J connectivity index is 1.69. The first-order chi connectivity index (χ1) is 9.81. The summed E-state index contributed by atoms with van der Waals surface area (Å²) in [6.45, 7) is 2.08. The number of nitrogens with zero attached hydrogens (tertiary/aromatic N) is 3. The molecular weight excluding hydrogens is 270 g/mol. The zero-order chi connectivity index (χ0) is 13.8. The zero-order valence-corrected chi connectivity index (χ0v) is 11.8. The summed E-state index contributed by atoms with van der Waals surface area (Å²) >= 11 is 1.54. The van der Waals surface area contributed by atoms with Crippen LogP contribution in [0.25, 0.3) is 11.5 Å². The quantitative estimate of drug-likeness (QED) is 0.683. The molecule has 2 heterocycles. The molecule has 0 atom stereocenters. The molecule has 0 radical (unpaired) electrons. The lowest BCUT2D eigenvalue weighted by Gasteiger charge is -1.99. The minimum atomic E-state index is 0.504. The molecule has 0 aliphatic rings. The highest BCUT2D eigenvalue weighted by Gasteiger charge is 2.09. The average molecular weight is 283 g/mol. The summed E-state index contributed by atoms with van der Waals surface area (Å²) in [4.78, 5) is 4.04. The normalized spacial score (nSPS) is 10.7. The molecule has 0 fully saturated rings. The van der Waals surface area contributed by atoms with Crippen molar-refractivity contribution in [2.24, 2.45) is 0 Å². The lowest BCUT2D eigenvalue weighted by Crippen LogP contribution is -1.81. The minimum Gasteiger partial charge on any atom is -0.411 e. The summed E-state index contributed by atoms with van der Waals surface area (Å²) in [5.74, 6) is 1.32. The summed E-state index contributed by atoms with van der Waals surface area (Å²) in [7, 11) is 0. The Morgan fingerprint density at radius 2 is 2.10 bits per heavy atom. The molecule has 0 N–H and O–H groups in total. The van der Waals surface area contributed by atoms with Crippen molar-refractivity contribution in [3.63, 3.8) is 0 Å². The van der Waals surface area contributed by atoms with Gasteiger partial charge in [0, 0.05) is 18.1 Å². The molecule has 0 bridgehead atoms. The van der Waals surface area contributed by atoms with Gasteiger partial charge in [-0.2, -0.15) is 0 Å². The van der Waals surface area contributed by atoms with Gasteiger partial charge in [-0.1, -0.05) is 41.6 Å². The van der Waals surface area contributed by atoms with Crippen LogP contribution in [0.5, 0.6) is 0 Å². The van der Waals surface area contributed by atoms with E-state index < -0.39 is 0 Å². The maximum Gasteiger partial charge on any atom is 0.277 e. The van der Waals surface area contributed by atoms with Gasteiger partial charge < -0.3 is 4.42 Å². The van der Waals surface area contributed by atoms with Gasteiger partial charge in [0.05, 0.1) is 5.56 Å². The third-order valence-electron chi connectivity index (χ3n) is 2.76. The van der Waals surface area contributed by atoms with Gasteiger partial charge >= 0.3 is 0 Å². The monoisotopic (exact) mass is 283 g/mol. The van der Waals surface area contributed by atoms with Gasteiger partial charge in [-0.3, -0.25) is 4.98 Å². The summed E-state index contributed by atoms with van der Waals surface area (Å²) in [6, 6.07) is 12.1. The molecule has 4 nitrogen and oxygen atoms in total. The van der Waals surface area contributed by atoms with Gasteiger partial charge in [0.25, 0.3) is 5.22 Å². The van der Waals surface area contributed by atoms with E-state index >= 15 is 0 Å². The molecule has 2 aromatic heterocycles. The summed E-state index contributed by atoms with van der Waals surface area (Å²) in [6.07, 6.45) is 3.43. The van der Waals surface area contributed by atoms with Crippen LogP contribution >= 0.6 is 11.8 Å². The van der Waals surface area contributed by atoms with E-state index in [4.69, 9.17) is 4.42 Å². The van der Waals surface area contributed by atoms with Crippen molar-refractivity contribution in [2.75, 3.05) is 0 Å². The van der Waals surface area contributed by atoms with Crippen LogP contribution < -0.4 is 0 Å². The van der Waals surface area contributed by atoms with Crippen LogP contribution in [-0.4, -0.2) is 15.2 Å². The summed E-state index contributed by atoms with van der Waals surface area (Å²) in [5, 5.41) is 8.66. The van der Waals surface area contributed by atoms with Crippen molar-refractivity contribution in [2.45, 2.75) is 17.9 Å². The van der Waals surface area contributed by atoms with E-state index in [0.717, 1.165) is 11.3 Å². The molecule has 100 valence electrons. The van der Waals surface area contributed by atoms with Gasteiger partial charge in [0.15, 0.2) is 0 Å². The van der Waals surface area contributed by atoms with Crippen LogP contribution in [0.15, 0.2) is 58.4 Å². The zero-order valence-electron chi connectivity index (χ0n) is 11.0. The average Bonchev–Trinajstić information content (AvgIpc) is 2.95. The number of hydrogen-bond donors (Lipinski definition) is 0. The highest BCUT2D eigenvalue weighted by molar-refractivity contribution is 7.98. The fourth-order valence-electron chi connectivity index (χ4n) is 1.82. The van der Waals surface area contributed by atoms with E-state index in [1.807, 2.05) is 12.1 Å². The Morgan fingerprint density at radius 3 is 2.90 bits per heavy atom. The van der Waals surface area contributed by atoms with Crippen LogP contribution in [-0.2, 0) is 5.75 Å². The molecule has 0 saturated carbocycles. The largest absolute Gasteiger partial charge is 0.411 e. The Morgan fingerprint density at radius 1 is 1.15 bits per heavy atom. The third-order valence-corrected chi connectivity index (χ3v) is 3.65. The lowest BCUT2D eigenvalue weighted by atomic mass is 10.2.